The third-order valence-corrected chi connectivity index (χ3v) is 3.36. The quantitative estimate of drug-likeness (QED) is 0.482. The van der Waals surface area contributed by atoms with Crippen LogP contribution in [0.5, 0.6) is 0 Å². The molecule has 0 unspecified atom stereocenters. The molecule has 6 nitrogen and oxygen atoms in total. The minimum atomic E-state index is 0.830. The summed E-state index contributed by atoms with van der Waals surface area (Å²) in [4.78, 5) is 7.55. The fraction of sp³-hybridized carbons (Fsp3) is 0.182. The average Bonchev–Trinajstić information content (AvgIpc) is 3.05. The van der Waals surface area contributed by atoms with Crippen molar-refractivity contribution in [3.63, 3.8) is 0 Å². The van der Waals surface area contributed by atoms with Gasteiger partial charge in [-0.05, 0) is 18.2 Å². The third kappa shape index (κ3) is 2.45. The van der Waals surface area contributed by atoms with Gasteiger partial charge in [-0.3, -0.25) is 0 Å². The maximum atomic E-state index is 4.46. The lowest BCUT2D eigenvalue weighted by molar-refractivity contribution is 0.911. The van der Waals surface area contributed by atoms with E-state index in [1.165, 1.54) is 0 Å². The molecule has 3 aromatic rings. The second-order valence-electron chi connectivity index (χ2n) is 3.70. The maximum absolute atomic E-state index is 4.46. The number of rotatable bonds is 5. The number of H-pyrrole nitrogens is 2. The number of fused-ring (bicyclic) bond motifs is 1. The van der Waals surface area contributed by atoms with Crippen molar-refractivity contribution in [2.24, 2.45) is 0 Å². The fourth-order valence-corrected chi connectivity index (χ4v) is 2.27. The van der Waals surface area contributed by atoms with Crippen LogP contribution in [0.15, 0.2) is 35.6 Å². The van der Waals surface area contributed by atoms with Crippen LogP contribution in [0, 0.1) is 0 Å². The van der Waals surface area contributed by atoms with Crippen molar-refractivity contribution in [1.29, 1.82) is 0 Å². The van der Waals surface area contributed by atoms with E-state index in [1.807, 2.05) is 24.4 Å². The van der Waals surface area contributed by atoms with Crippen LogP contribution in [-0.2, 0) is 0 Å². The van der Waals surface area contributed by atoms with Crippen LogP contribution < -0.4 is 5.32 Å². The van der Waals surface area contributed by atoms with Crippen molar-refractivity contribution in [3.05, 3.63) is 30.6 Å². The van der Waals surface area contributed by atoms with Crippen LogP contribution in [-0.4, -0.2) is 37.7 Å². The first-order valence-corrected chi connectivity index (χ1v) is 6.57. The molecule has 0 aromatic carbocycles. The molecule has 92 valence electrons. The zero-order chi connectivity index (χ0) is 12.2. The van der Waals surface area contributed by atoms with Gasteiger partial charge in [0.25, 0.3) is 0 Å². The molecular formula is C11H12N6S. The Kier molecular flexibility index (Phi) is 3.14. The molecule has 0 spiro atoms. The number of aromatic nitrogens is 5. The number of pyridine rings is 1. The molecule has 0 amide bonds. The highest BCUT2D eigenvalue weighted by Crippen LogP contribution is 2.14. The molecule has 0 atom stereocenters. The van der Waals surface area contributed by atoms with Crippen molar-refractivity contribution in [3.8, 4) is 0 Å². The van der Waals surface area contributed by atoms with Crippen molar-refractivity contribution in [1.82, 2.24) is 25.4 Å². The smallest absolute Gasteiger partial charge is 0.139 e. The Bertz CT molecular complexity index is 617. The molecule has 3 aromatic heterocycles. The van der Waals surface area contributed by atoms with Crippen molar-refractivity contribution in [2.45, 2.75) is 5.03 Å². The van der Waals surface area contributed by atoms with Crippen molar-refractivity contribution in [2.75, 3.05) is 17.6 Å². The molecule has 18 heavy (non-hydrogen) atoms. The second-order valence-corrected chi connectivity index (χ2v) is 4.81. The van der Waals surface area contributed by atoms with Gasteiger partial charge in [0.2, 0.25) is 0 Å². The highest BCUT2D eigenvalue weighted by atomic mass is 32.2. The molecule has 0 aliphatic rings. The zero-order valence-corrected chi connectivity index (χ0v) is 10.4. The Morgan fingerprint density at radius 3 is 3.17 bits per heavy atom. The molecule has 7 heteroatoms. The Balaban J connectivity index is 1.53. The summed E-state index contributed by atoms with van der Waals surface area (Å²) < 4.78 is 0. The number of nitrogens with zero attached hydrogens (tertiary/aromatic N) is 3. The molecule has 0 bridgehead atoms. The first-order chi connectivity index (χ1) is 8.92. The largest absolute Gasteiger partial charge is 0.369 e. The molecule has 3 rings (SSSR count). The summed E-state index contributed by atoms with van der Waals surface area (Å²) in [6.07, 6.45) is 3.61. The van der Waals surface area contributed by atoms with E-state index in [2.05, 4.69) is 30.7 Å². The zero-order valence-electron chi connectivity index (χ0n) is 9.55. The molecular weight excluding hydrogens is 248 g/mol. The van der Waals surface area contributed by atoms with Gasteiger partial charge < -0.3 is 10.3 Å². The number of thioether (sulfide) groups is 1. The van der Waals surface area contributed by atoms with Gasteiger partial charge >= 0.3 is 0 Å². The lowest BCUT2D eigenvalue weighted by Crippen LogP contribution is -2.05. The van der Waals surface area contributed by atoms with Crippen LogP contribution in [0.3, 0.4) is 0 Å². The fourth-order valence-electron chi connectivity index (χ4n) is 1.62. The average molecular weight is 260 g/mol. The lowest BCUT2D eigenvalue weighted by atomic mass is 10.3. The van der Waals surface area contributed by atoms with Gasteiger partial charge in [0.1, 0.15) is 16.5 Å². The van der Waals surface area contributed by atoms with E-state index in [0.29, 0.717) is 0 Å². The Morgan fingerprint density at radius 2 is 2.28 bits per heavy atom. The summed E-state index contributed by atoms with van der Waals surface area (Å²) in [7, 11) is 0. The van der Waals surface area contributed by atoms with E-state index in [9.17, 15) is 0 Å². The minimum Gasteiger partial charge on any atom is -0.369 e. The summed E-state index contributed by atoms with van der Waals surface area (Å²) in [6.45, 7) is 0.830. The summed E-state index contributed by atoms with van der Waals surface area (Å²) in [5.41, 5.74) is 0.907. The summed E-state index contributed by atoms with van der Waals surface area (Å²) >= 11 is 1.65. The number of aromatic amines is 2. The minimum absolute atomic E-state index is 0.830. The summed E-state index contributed by atoms with van der Waals surface area (Å²) in [5.74, 6) is 1.79. The standard InChI is InChI=1S/C11H12N6S/c1-2-9(15-11-8(1)3-4-13-11)12-5-6-18-10-7-14-17-16-10/h1-4,7H,5-6H2,(H2,12,13,15)(H,14,16,17). The molecule has 0 radical (unpaired) electrons. The topological polar surface area (TPSA) is 82.3 Å². The number of hydrogen-bond acceptors (Lipinski definition) is 5. The van der Waals surface area contributed by atoms with Gasteiger partial charge in [-0.1, -0.05) is 0 Å². The van der Waals surface area contributed by atoms with Crippen LogP contribution in [0.1, 0.15) is 0 Å². The number of anilines is 1. The highest BCUT2D eigenvalue weighted by molar-refractivity contribution is 7.99. The lowest BCUT2D eigenvalue weighted by Gasteiger charge is -2.04. The highest BCUT2D eigenvalue weighted by Gasteiger charge is 1.99. The van der Waals surface area contributed by atoms with E-state index in [1.54, 1.807) is 18.0 Å². The molecule has 0 fully saturated rings. The summed E-state index contributed by atoms with van der Waals surface area (Å²) in [6, 6.07) is 6.04. The van der Waals surface area contributed by atoms with Crippen LogP contribution in [0.2, 0.25) is 0 Å². The van der Waals surface area contributed by atoms with E-state index < -0.39 is 0 Å². The van der Waals surface area contributed by atoms with Gasteiger partial charge in [-0.2, -0.15) is 10.3 Å². The predicted molar refractivity (Wildman–Crippen MR) is 71.7 cm³/mol. The van der Waals surface area contributed by atoms with Crippen molar-refractivity contribution >= 4 is 28.6 Å². The van der Waals surface area contributed by atoms with Crippen LogP contribution >= 0.6 is 11.8 Å². The van der Waals surface area contributed by atoms with Crippen LogP contribution in [0.25, 0.3) is 11.0 Å². The molecule has 3 heterocycles. The molecule has 3 N–H and O–H groups in total. The number of nitrogens with one attached hydrogen (secondary N) is 3. The van der Waals surface area contributed by atoms with Crippen LogP contribution in [0.4, 0.5) is 5.82 Å². The van der Waals surface area contributed by atoms with Gasteiger partial charge in [0.05, 0.1) is 6.20 Å². The van der Waals surface area contributed by atoms with Gasteiger partial charge in [0, 0.05) is 23.9 Å². The van der Waals surface area contributed by atoms with Gasteiger partial charge in [0.15, 0.2) is 0 Å². The van der Waals surface area contributed by atoms with E-state index >= 15 is 0 Å². The molecule has 0 aliphatic heterocycles. The normalized spacial score (nSPS) is 10.9. The SMILES string of the molecule is c1cc2ccc(NCCSc3cn[nH]n3)nc2[nH]1. The predicted octanol–water partition coefficient (Wildman–Crippen LogP) is 1.89. The maximum Gasteiger partial charge on any atom is 0.139 e. The molecule has 0 saturated carbocycles. The Hall–Kier alpha value is -2.02. The Labute approximate surface area is 108 Å². The Morgan fingerprint density at radius 1 is 1.28 bits per heavy atom. The number of hydrogen-bond donors (Lipinski definition) is 3. The molecule has 0 saturated heterocycles. The third-order valence-electron chi connectivity index (χ3n) is 2.46. The van der Waals surface area contributed by atoms with E-state index in [0.717, 1.165) is 34.2 Å². The molecule has 0 aliphatic carbocycles. The van der Waals surface area contributed by atoms with E-state index in [-0.39, 0.29) is 0 Å². The second kappa shape index (κ2) is 5.09. The first-order valence-electron chi connectivity index (χ1n) is 5.58. The first kappa shape index (κ1) is 11.1. The monoisotopic (exact) mass is 260 g/mol. The van der Waals surface area contributed by atoms with Crippen molar-refractivity contribution < 1.29 is 0 Å². The van der Waals surface area contributed by atoms with Gasteiger partial charge in [-0.15, -0.1) is 16.9 Å². The van der Waals surface area contributed by atoms with Gasteiger partial charge in [-0.25, -0.2) is 4.98 Å². The van der Waals surface area contributed by atoms with E-state index in [4.69, 9.17) is 0 Å². The summed E-state index contributed by atoms with van der Waals surface area (Å²) in [5, 5.41) is 15.6.